The summed E-state index contributed by atoms with van der Waals surface area (Å²) in [5.74, 6) is -1.22. The van der Waals surface area contributed by atoms with Crippen LogP contribution < -0.4 is 10.2 Å². The molecular formula is C15H13ClN4O5. The van der Waals surface area contributed by atoms with Crippen LogP contribution in [-0.2, 0) is 0 Å². The van der Waals surface area contributed by atoms with Crippen molar-refractivity contribution in [2.45, 2.75) is 6.92 Å². The molecule has 1 heterocycles. The van der Waals surface area contributed by atoms with Gasteiger partial charge in [-0.05, 0) is 25.1 Å². The van der Waals surface area contributed by atoms with Gasteiger partial charge in [0, 0.05) is 17.8 Å². The molecule has 0 saturated carbocycles. The van der Waals surface area contributed by atoms with Gasteiger partial charge in [-0.3, -0.25) is 14.9 Å². The highest BCUT2D eigenvalue weighted by Crippen LogP contribution is 2.36. The number of carbonyl (C=O) groups is 1. The SMILES string of the molecule is CCOc1cc(/C=N/NC(=O)c2cccnc2Cl)cc([N+](=O)[O-])c1O. The number of halogens is 1. The first kappa shape index (κ1) is 18.1. The fourth-order valence-electron chi connectivity index (χ4n) is 1.87. The van der Waals surface area contributed by atoms with E-state index in [1.165, 1.54) is 24.5 Å². The molecule has 130 valence electrons. The number of nitrogens with one attached hydrogen (secondary N) is 1. The number of aromatic hydroxyl groups is 1. The zero-order valence-corrected chi connectivity index (χ0v) is 13.7. The topological polar surface area (TPSA) is 127 Å². The van der Waals surface area contributed by atoms with Crippen molar-refractivity contribution in [2.24, 2.45) is 5.10 Å². The summed E-state index contributed by atoms with van der Waals surface area (Å²) in [5, 5.41) is 24.5. The van der Waals surface area contributed by atoms with Crippen molar-refractivity contribution in [3.63, 3.8) is 0 Å². The van der Waals surface area contributed by atoms with Gasteiger partial charge in [0.25, 0.3) is 5.91 Å². The van der Waals surface area contributed by atoms with E-state index in [0.29, 0.717) is 0 Å². The molecule has 2 aromatic rings. The van der Waals surface area contributed by atoms with Gasteiger partial charge < -0.3 is 9.84 Å². The number of rotatable bonds is 6. The zero-order chi connectivity index (χ0) is 18.4. The molecule has 0 atom stereocenters. The molecule has 2 rings (SSSR count). The van der Waals surface area contributed by atoms with Crippen LogP contribution in [0, 0.1) is 10.1 Å². The molecule has 1 amide bonds. The highest BCUT2D eigenvalue weighted by Gasteiger charge is 2.19. The van der Waals surface area contributed by atoms with Gasteiger partial charge in [0.1, 0.15) is 5.15 Å². The molecule has 0 saturated heterocycles. The Hall–Kier alpha value is -3.20. The van der Waals surface area contributed by atoms with Crippen LogP contribution in [0.15, 0.2) is 35.6 Å². The number of nitro benzene ring substituents is 1. The highest BCUT2D eigenvalue weighted by atomic mass is 35.5. The third-order valence-electron chi connectivity index (χ3n) is 2.96. The minimum absolute atomic E-state index is 0.0223. The number of aromatic nitrogens is 1. The fraction of sp³-hybridized carbons (Fsp3) is 0.133. The van der Waals surface area contributed by atoms with Gasteiger partial charge in [0.05, 0.1) is 23.3 Å². The van der Waals surface area contributed by atoms with Crippen LogP contribution >= 0.6 is 11.6 Å². The summed E-state index contributed by atoms with van der Waals surface area (Å²) in [6, 6.07) is 5.48. The molecule has 0 aliphatic heterocycles. The summed E-state index contributed by atoms with van der Waals surface area (Å²) < 4.78 is 5.15. The zero-order valence-electron chi connectivity index (χ0n) is 13.0. The third kappa shape index (κ3) is 4.42. The van der Waals surface area contributed by atoms with E-state index >= 15 is 0 Å². The minimum Gasteiger partial charge on any atom is -0.500 e. The Balaban J connectivity index is 2.21. The first-order valence-corrected chi connectivity index (χ1v) is 7.40. The second-order valence-corrected chi connectivity index (χ2v) is 4.98. The molecular weight excluding hydrogens is 352 g/mol. The van der Waals surface area contributed by atoms with Crippen molar-refractivity contribution in [2.75, 3.05) is 6.61 Å². The second-order valence-electron chi connectivity index (χ2n) is 4.62. The number of pyridine rings is 1. The van der Waals surface area contributed by atoms with Crippen LogP contribution in [0.25, 0.3) is 0 Å². The lowest BCUT2D eigenvalue weighted by molar-refractivity contribution is -0.386. The number of phenolic OH excluding ortho intramolecular Hbond substituents is 1. The maximum atomic E-state index is 11.9. The Morgan fingerprint density at radius 2 is 2.32 bits per heavy atom. The van der Waals surface area contributed by atoms with E-state index in [2.05, 4.69) is 15.5 Å². The quantitative estimate of drug-likeness (QED) is 0.351. The number of benzene rings is 1. The van der Waals surface area contributed by atoms with Crippen molar-refractivity contribution >= 4 is 29.4 Å². The Bertz CT molecular complexity index is 841. The molecule has 9 nitrogen and oxygen atoms in total. The second kappa shape index (κ2) is 8.06. The van der Waals surface area contributed by atoms with Gasteiger partial charge in [-0.15, -0.1) is 0 Å². The smallest absolute Gasteiger partial charge is 0.315 e. The molecule has 0 radical (unpaired) electrons. The number of hydrogen-bond donors (Lipinski definition) is 2. The van der Waals surface area contributed by atoms with Crippen LogP contribution in [0.5, 0.6) is 11.5 Å². The Labute approximate surface area is 147 Å². The van der Waals surface area contributed by atoms with E-state index in [-0.39, 0.29) is 28.6 Å². The highest BCUT2D eigenvalue weighted by molar-refractivity contribution is 6.32. The van der Waals surface area contributed by atoms with Gasteiger partial charge in [0.2, 0.25) is 5.75 Å². The third-order valence-corrected chi connectivity index (χ3v) is 3.26. The van der Waals surface area contributed by atoms with E-state index in [9.17, 15) is 20.0 Å². The Kier molecular flexibility index (Phi) is 5.85. The molecule has 0 aliphatic rings. The van der Waals surface area contributed by atoms with Crippen LogP contribution in [0.4, 0.5) is 5.69 Å². The largest absolute Gasteiger partial charge is 0.500 e. The van der Waals surface area contributed by atoms with Gasteiger partial charge >= 0.3 is 5.69 Å². The molecule has 2 N–H and O–H groups in total. The first-order chi connectivity index (χ1) is 11.9. The number of ether oxygens (including phenoxy) is 1. The van der Waals surface area contributed by atoms with E-state index in [1.54, 1.807) is 13.0 Å². The monoisotopic (exact) mass is 364 g/mol. The number of nitro groups is 1. The van der Waals surface area contributed by atoms with Crippen LogP contribution in [0.1, 0.15) is 22.8 Å². The molecule has 1 aromatic carbocycles. The van der Waals surface area contributed by atoms with Crippen molar-refractivity contribution < 1.29 is 19.6 Å². The first-order valence-electron chi connectivity index (χ1n) is 7.02. The summed E-state index contributed by atoms with van der Waals surface area (Å²) in [6.45, 7) is 1.88. The van der Waals surface area contributed by atoms with E-state index in [0.717, 1.165) is 6.07 Å². The molecule has 0 unspecified atom stereocenters. The minimum atomic E-state index is -0.747. The predicted octanol–water partition coefficient (Wildman–Crippen LogP) is 2.51. The molecule has 10 heteroatoms. The number of nitrogens with zero attached hydrogens (tertiary/aromatic N) is 3. The molecule has 1 aromatic heterocycles. The molecule has 0 spiro atoms. The maximum Gasteiger partial charge on any atom is 0.315 e. The lowest BCUT2D eigenvalue weighted by Crippen LogP contribution is -2.18. The van der Waals surface area contributed by atoms with Gasteiger partial charge in [-0.2, -0.15) is 5.10 Å². The van der Waals surface area contributed by atoms with Gasteiger partial charge in [-0.1, -0.05) is 11.6 Å². The van der Waals surface area contributed by atoms with Crippen molar-refractivity contribution in [1.82, 2.24) is 10.4 Å². The Morgan fingerprint density at radius 3 is 2.96 bits per heavy atom. The lowest BCUT2D eigenvalue weighted by atomic mass is 10.2. The average molecular weight is 365 g/mol. The molecule has 0 aliphatic carbocycles. The number of carbonyl (C=O) groups excluding carboxylic acids is 1. The Morgan fingerprint density at radius 1 is 1.56 bits per heavy atom. The van der Waals surface area contributed by atoms with E-state index < -0.39 is 22.3 Å². The normalized spacial score (nSPS) is 10.6. The number of hydrogen-bond acceptors (Lipinski definition) is 7. The maximum absolute atomic E-state index is 11.9. The summed E-state index contributed by atoms with van der Waals surface area (Å²) in [4.78, 5) is 25.9. The van der Waals surface area contributed by atoms with E-state index in [4.69, 9.17) is 16.3 Å². The summed E-state index contributed by atoms with van der Waals surface area (Å²) >= 11 is 5.80. The van der Waals surface area contributed by atoms with Crippen molar-refractivity contribution in [3.05, 3.63) is 56.9 Å². The number of amides is 1. The van der Waals surface area contributed by atoms with Gasteiger partial charge in [-0.25, -0.2) is 10.4 Å². The molecule has 0 bridgehead atoms. The molecule has 0 fully saturated rings. The van der Waals surface area contributed by atoms with Gasteiger partial charge in [0.15, 0.2) is 5.75 Å². The predicted molar refractivity (Wildman–Crippen MR) is 90.2 cm³/mol. The summed E-state index contributed by atoms with van der Waals surface area (Å²) in [6.07, 6.45) is 2.62. The standard InChI is InChI=1S/C15H13ClN4O5/c1-2-25-12-7-9(6-11(13(12)21)20(23)24)8-18-19-15(22)10-4-3-5-17-14(10)16/h3-8,21H,2H2,1H3,(H,19,22)/b18-8+. The summed E-state index contributed by atoms with van der Waals surface area (Å²) in [5.41, 5.74) is 2.09. The molecule has 25 heavy (non-hydrogen) atoms. The van der Waals surface area contributed by atoms with Crippen LogP contribution in [0.2, 0.25) is 5.15 Å². The summed E-state index contributed by atoms with van der Waals surface area (Å²) in [7, 11) is 0. The van der Waals surface area contributed by atoms with Crippen LogP contribution in [-0.4, -0.2) is 33.7 Å². The number of hydrazone groups is 1. The number of phenols is 1. The van der Waals surface area contributed by atoms with E-state index in [1.807, 2.05) is 0 Å². The fourth-order valence-corrected chi connectivity index (χ4v) is 2.08. The lowest BCUT2D eigenvalue weighted by Gasteiger charge is -2.07. The van der Waals surface area contributed by atoms with Crippen LogP contribution in [0.3, 0.4) is 0 Å². The van der Waals surface area contributed by atoms with Crippen molar-refractivity contribution in [3.8, 4) is 11.5 Å². The average Bonchev–Trinajstić information content (AvgIpc) is 2.57. The van der Waals surface area contributed by atoms with Crippen molar-refractivity contribution in [1.29, 1.82) is 0 Å².